The molecule has 1 heterocycles. The predicted octanol–water partition coefficient (Wildman–Crippen LogP) is 6.70. The van der Waals surface area contributed by atoms with E-state index >= 15 is 0 Å². The SMILES string of the molecule is O=C(O)[C@@H](N=C(c1ccccc1)c1ccccc1[N-]C(=O)[C@@H]1CCCN1Cc1ccccc1)[C@@H](O)C(F)(F)C(F)(F)C(F)(F)C(F)F.[Ni]. The van der Waals surface area contributed by atoms with Crippen molar-refractivity contribution in [1.82, 2.24) is 4.90 Å². The molecule has 0 radical (unpaired) electrons. The molecule has 0 aliphatic carbocycles. The molecule has 3 aromatic carbocycles. The first-order chi connectivity index (χ1) is 22.1. The maximum absolute atomic E-state index is 14.7. The zero-order valence-electron chi connectivity index (χ0n) is 24.6. The minimum absolute atomic E-state index is 0. The van der Waals surface area contributed by atoms with Gasteiger partial charge in [-0.25, -0.2) is 13.6 Å². The number of aliphatic hydroxyl groups excluding tert-OH is 1. The number of carbonyl (C=O) groups is 2. The van der Waals surface area contributed by atoms with Gasteiger partial charge in [-0.2, -0.15) is 26.3 Å². The van der Waals surface area contributed by atoms with Crippen molar-refractivity contribution in [3.05, 3.63) is 107 Å². The van der Waals surface area contributed by atoms with Crippen LogP contribution in [-0.4, -0.2) is 81.6 Å². The van der Waals surface area contributed by atoms with Crippen LogP contribution < -0.4 is 0 Å². The maximum Gasteiger partial charge on any atom is 0.380 e. The third-order valence-electron chi connectivity index (χ3n) is 7.62. The van der Waals surface area contributed by atoms with Crippen LogP contribution in [0.2, 0.25) is 0 Å². The Bertz CT molecular complexity index is 1580. The molecule has 262 valence electrons. The van der Waals surface area contributed by atoms with Crippen molar-refractivity contribution in [3.63, 3.8) is 0 Å². The maximum atomic E-state index is 14.7. The van der Waals surface area contributed by atoms with Gasteiger partial charge in [0.2, 0.25) is 0 Å². The summed E-state index contributed by atoms with van der Waals surface area (Å²) in [5.74, 6) is -23.0. The molecule has 1 saturated heterocycles. The second-order valence-corrected chi connectivity index (χ2v) is 10.8. The smallest absolute Gasteiger partial charge is 0.380 e. The zero-order valence-corrected chi connectivity index (χ0v) is 25.6. The van der Waals surface area contributed by atoms with Gasteiger partial charge in [0.05, 0.1) is 17.7 Å². The number of carboxylic acid groups (broad SMARTS) is 1. The number of aliphatic imine (C=N–C) groups is 1. The molecule has 48 heavy (non-hydrogen) atoms. The number of amides is 1. The fourth-order valence-corrected chi connectivity index (χ4v) is 5.12. The van der Waals surface area contributed by atoms with Crippen molar-refractivity contribution in [2.75, 3.05) is 6.54 Å². The fraction of sp³-hybridized carbons (Fsp3) is 0.344. The summed E-state index contributed by atoms with van der Waals surface area (Å²) in [6.07, 6.45) is -8.36. The van der Waals surface area contributed by atoms with Crippen molar-refractivity contribution in [3.8, 4) is 0 Å². The van der Waals surface area contributed by atoms with E-state index in [2.05, 4.69) is 10.3 Å². The molecule has 16 heteroatoms. The standard InChI is InChI=1S/C32H29F8N3O4.Ni/c33-29(34)31(37,38)32(39,40)30(35,36)26(44)25(28(46)47)42-24(20-12-5-2-6-13-20)21-14-7-8-15-22(21)41-27(45)23-16-9-17-43(23)18-19-10-3-1-4-11-19;/h1-8,10-15,23,25-26,29,44H,9,16-18H2,(H2,41,42,45,46,47);/p-1/t23-,25-,26+;/m0./s1. The molecule has 2 N–H and O–H groups in total. The Kier molecular flexibility index (Phi) is 12.5. The number of likely N-dealkylation sites (tertiary alicyclic amines) is 1. The number of carbonyl (C=O) groups excluding carboxylic acids is 1. The van der Waals surface area contributed by atoms with Crippen LogP contribution in [0.3, 0.4) is 0 Å². The summed E-state index contributed by atoms with van der Waals surface area (Å²) in [5.41, 5.74) is 0.0767. The number of alkyl halides is 8. The van der Waals surface area contributed by atoms with Gasteiger partial charge in [0, 0.05) is 28.6 Å². The van der Waals surface area contributed by atoms with Crippen LogP contribution in [0.5, 0.6) is 0 Å². The van der Waals surface area contributed by atoms with E-state index in [1.165, 1.54) is 54.6 Å². The van der Waals surface area contributed by atoms with E-state index < -0.39 is 60.0 Å². The normalized spacial score (nSPS) is 17.5. The monoisotopic (exact) mass is 728 g/mol. The molecule has 4 rings (SSSR count). The van der Waals surface area contributed by atoms with Gasteiger partial charge in [-0.05, 0) is 30.5 Å². The molecule has 1 aliphatic heterocycles. The van der Waals surface area contributed by atoms with Gasteiger partial charge in [0.15, 0.2) is 12.1 Å². The fourth-order valence-electron chi connectivity index (χ4n) is 5.12. The molecule has 0 bridgehead atoms. The van der Waals surface area contributed by atoms with Crippen LogP contribution >= 0.6 is 0 Å². The topological polar surface area (TPSA) is 104 Å². The van der Waals surface area contributed by atoms with Crippen molar-refractivity contribution in [1.29, 1.82) is 0 Å². The molecular formula is C32H28F8N3NiO4-. The Morgan fingerprint density at radius 2 is 1.44 bits per heavy atom. The Morgan fingerprint density at radius 3 is 2.02 bits per heavy atom. The third kappa shape index (κ3) is 7.87. The average Bonchev–Trinajstić information content (AvgIpc) is 3.50. The summed E-state index contributed by atoms with van der Waals surface area (Å²) in [6, 6.07) is 17.7. The Hall–Kier alpha value is -3.88. The van der Waals surface area contributed by atoms with Crippen molar-refractivity contribution >= 4 is 23.3 Å². The number of benzene rings is 3. The number of para-hydroxylation sites is 1. The van der Waals surface area contributed by atoms with Crippen LogP contribution in [0.25, 0.3) is 5.32 Å². The number of nitrogens with zero attached hydrogens (tertiary/aromatic N) is 3. The van der Waals surface area contributed by atoms with Crippen molar-refractivity contribution < 1.29 is 71.4 Å². The molecule has 1 amide bonds. The van der Waals surface area contributed by atoms with Crippen LogP contribution in [0.15, 0.2) is 89.9 Å². The van der Waals surface area contributed by atoms with Crippen molar-refractivity contribution in [2.24, 2.45) is 4.99 Å². The largest absolute Gasteiger partial charge is 0.625 e. The van der Waals surface area contributed by atoms with E-state index in [4.69, 9.17) is 0 Å². The van der Waals surface area contributed by atoms with E-state index in [1.54, 1.807) is 0 Å². The van der Waals surface area contributed by atoms with Gasteiger partial charge >= 0.3 is 30.2 Å². The van der Waals surface area contributed by atoms with Gasteiger partial charge in [-0.15, -0.1) is 5.69 Å². The van der Waals surface area contributed by atoms with Crippen LogP contribution in [-0.2, 0) is 32.6 Å². The van der Waals surface area contributed by atoms with E-state index in [1.807, 2.05) is 35.2 Å². The number of aliphatic carboxylic acids is 1. The first kappa shape index (κ1) is 38.6. The summed E-state index contributed by atoms with van der Waals surface area (Å²) in [5, 5.41) is 24.0. The summed E-state index contributed by atoms with van der Waals surface area (Å²) in [6.45, 7) is 1.02. The number of hydrogen-bond acceptors (Lipinski definition) is 5. The van der Waals surface area contributed by atoms with Gasteiger partial charge in [-0.3, -0.25) is 9.89 Å². The summed E-state index contributed by atoms with van der Waals surface area (Å²) in [4.78, 5) is 31.0. The van der Waals surface area contributed by atoms with Crippen molar-refractivity contribution in [2.45, 2.75) is 61.8 Å². The van der Waals surface area contributed by atoms with E-state index in [-0.39, 0.29) is 33.3 Å². The Morgan fingerprint density at radius 1 is 0.875 bits per heavy atom. The Labute approximate surface area is 279 Å². The quantitative estimate of drug-likeness (QED) is 0.116. The van der Waals surface area contributed by atoms with Crippen LogP contribution in [0, 0.1) is 0 Å². The molecule has 1 aliphatic rings. The third-order valence-corrected chi connectivity index (χ3v) is 7.62. The van der Waals surface area contributed by atoms with Gasteiger partial charge in [0.1, 0.15) is 0 Å². The van der Waals surface area contributed by atoms with Crippen LogP contribution in [0.4, 0.5) is 40.8 Å². The molecule has 7 nitrogen and oxygen atoms in total. The first-order valence-electron chi connectivity index (χ1n) is 14.2. The predicted molar refractivity (Wildman–Crippen MR) is 155 cm³/mol. The number of aliphatic hydroxyl groups is 1. The van der Waals surface area contributed by atoms with Gasteiger partial charge < -0.3 is 20.3 Å². The zero-order chi connectivity index (χ0) is 34.6. The number of hydrogen-bond donors (Lipinski definition) is 2. The molecule has 3 atom stereocenters. The van der Waals surface area contributed by atoms with Gasteiger partial charge in [0.25, 0.3) is 0 Å². The second-order valence-electron chi connectivity index (χ2n) is 10.8. The van der Waals surface area contributed by atoms with E-state index in [0.29, 0.717) is 25.9 Å². The summed E-state index contributed by atoms with van der Waals surface area (Å²) in [7, 11) is 0. The summed E-state index contributed by atoms with van der Waals surface area (Å²) >= 11 is 0. The second kappa shape index (κ2) is 15.6. The number of rotatable bonds is 13. The van der Waals surface area contributed by atoms with Crippen LogP contribution in [0.1, 0.15) is 29.5 Å². The minimum atomic E-state index is -6.89. The summed E-state index contributed by atoms with van der Waals surface area (Å²) < 4.78 is 110. The first-order valence-corrected chi connectivity index (χ1v) is 14.2. The Balaban J connectivity index is 0.00000625. The molecular weight excluding hydrogens is 701 g/mol. The molecule has 0 aromatic heterocycles. The number of halogens is 8. The van der Waals surface area contributed by atoms with E-state index in [0.717, 1.165) is 5.56 Å². The number of carboxylic acids is 1. The molecule has 0 unspecified atom stereocenters. The molecule has 1 fully saturated rings. The molecule has 0 saturated carbocycles. The molecule has 0 spiro atoms. The molecule has 3 aromatic rings. The minimum Gasteiger partial charge on any atom is -0.625 e. The van der Waals surface area contributed by atoms with E-state index in [9.17, 15) is 54.9 Å². The van der Waals surface area contributed by atoms with Gasteiger partial charge in [-0.1, -0.05) is 84.9 Å². The average molecular weight is 729 g/mol.